The number of likely N-dealkylation sites (tertiary alicyclic amines) is 2. The van der Waals surface area contributed by atoms with Crippen LogP contribution in [0.4, 0.5) is 0 Å². The number of nitrogens with zero attached hydrogens (tertiary/aromatic N) is 2. The highest BCUT2D eigenvalue weighted by molar-refractivity contribution is 7.12. The topological polar surface area (TPSA) is 40.6 Å². The summed E-state index contributed by atoms with van der Waals surface area (Å²) in [6.07, 6.45) is 4.75. The minimum absolute atomic E-state index is 0.0795. The van der Waals surface area contributed by atoms with Crippen LogP contribution in [-0.4, -0.2) is 47.8 Å². The fourth-order valence-corrected chi connectivity index (χ4v) is 5.16. The third-order valence-corrected chi connectivity index (χ3v) is 6.79. The Morgan fingerprint density at radius 2 is 1.93 bits per heavy atom. The van der Waals surface area contributed by atoms with Crippen molar-refractivity contribution in [1.29, 1.82) is 0 Å². The molecule has 1 aromatic heterocycles. The lowest BCUT2D eigenvalue weighted by Crippen LogP contribution is -2.50. The molecular weight excluding hydrogens is 356 g/mol. The second-order valence-corrected chi connectivity index (χ2v) is 8.67. The van der Waals surface area contributed by atoms with E-state index in [9.17, 15) is 9.59 Å². The number of hydrogen-bond acceptors (Lipinski definition) is 3. The summed E-state index contributed by atoms with van der Waals surface area (Å²) >= 11 is 1.48. The van der Waals surface area contributed by atoms with Crippen LogP contribution in [0.3, 0.4) is 0 Å². The molecule has 1 spiro atoms. The molecule has 0 radical (unpaired) electrons. The molecule has 2 aliphatic heterocycles. The van der Waals surface area contributed by atoms with Crippen LogP contribution in [0.25, 0.3) is 0 Å². The molecule has 3 heterocycles. The van der Waals surface area contributed by atoms with E-state index in [0.29, 0.717) is 13.1 Å². The zero-order valence-corrected chi connectivity index (χ0v) is 16.4. The first-order valence-corrected chi connectivity index (χ1v) is 10.7. The fraction of sp³-hybridized carbons (Fsp3) is 0.455. The largest absolute Gasteiger partial charge is 0.342 e. The van der Waals surface area contributed by atoms with Gasteiger partial charge < -0.3 is 9.80 Å². The van der Waals surface area contributed by atoms with Crippen LogP contribution in [0, 0.1) is 5.41 Å². The van der Waals surface area contributed by atoms with E-state index in [1.165, 1.54) is 16.9 Å². The lowest BCUT2D eigenvalue weighted by molar-refractivity contribution is -0.145. The van der Waals surface area contributed by atoms with Crippen LogP contribution in [0.15, 0.2) is 47.8 Å². The van der Waals surface area contributed by atoms with Gasteiger partial charge in [-0.15, -0.1) is 11.3 Å². The summed E-state index contributed by atoms with van der Waals surface area (Å²) in [7, 11) is 0. The number of amides is 2. The molecule has 142 valence electrons. The van der Waals surface area contributed by atoms with Gasteiger partial charge in [0.1, 0.15) is 0 Å². The molecule has 2 aromatic rings. The lowest BCUT2D eigenvalue weighted by Gasteiger charge is -2.39. The van der Waals surface area contributed by atoms with Crippen LogP contribution in [-0.2, 0) is 11.2 Å². The summed E-state index contributed by atoms with van der Waals surface area (Å²) in [6.45, 7) is 2.95. The summed E-state index contributed by atoms with van der Waals surface area (Å²) in [5, 5.41) is 1.93. The number of benzene rings is 1. The summed E-state index contributed by atoms with van der Waals surface area (Å²) < 4.78 is 0. The monoisotopic (exact) mass is 382 g/mol. The number of carbonyl (C=O) groups excluding carboxylic acids is 2. The highest BCUT2D eigenvalue weighted by Crippen LogP contribution is 2.40. The molecule has 0 N–H and O–H groups in total. The van der Waals surface area contributed by atoms with Crippen molar-refractivity contribution in [3.63, 3.8) is 0 Å². The van der Waals surface area contributed by atoms with Gasteiger partial charge >= 0.3 is 0 Å². The van der Waals surface area contributed by atoms with Crippen molar-refractivity contribution in [1.82, 2.24) is 9.80 Å². The molecule has 0 aliphatic carbocycles. The molecule has 0 bridgehead atoms. The van der Waals surface area contributed by atoms with Crippen molar-refractivity contribution >= 4 is 23.2 Å². The van der Waals surface area contributed by atoms with Gasteiger partial charge in [-0.2, -0.15) is 0 Å². The van der Waals surface area contributed by atoms with Gasteiger partial charge in [-0.1, -0.05) is 36.4 Å². The predicted molar refractivity (Wildman–Crippen MR) is 108 cm³/mol. The third-order valence-electron chi connectivity index (χ3n) is 5.93. The highest BCUT2D eigenvalue weighted by atomic mass is 32.1. The third kappa shape index (κ3) is 3.79. The first-order chi connectivity index (χ1) is 13.2. The van der Waals surface area contributed by atoms with E-state index in [4.69, 9.17) is 0 Å². The van der Waals surface area contributed by atoms with Gasteiger partial charge in [0, 0.05) is 26.2 Å². The zero-order valence-electron chi connectivity index (χ0n) is 15.6. The van der Waals surface area contributed by atoms with Gasteiger partial charge in [-0.05, 0) is 49.1 Å². The van der Waals surface area contributed by atoms with Gasteiger partial charge in [0.15, 0.2) is 0 Å². The van der Waals surface area contributed by atoms with E-state index in [2.05, 4.69) is 24.3 Å². The molecule has 27 heavy (non-hydrogen) atoms. The molecule has 0 unspecified atom stereocenters. The molecule has 0 saturated carbocycles. The summed E-state index contributed by atoms with van der Waals surface area (Å²) in [6, 6.07) is 14.2. The summed E-state index contributed by atoms with van der Waals surface area (Å²) in [5.74, 6) is 0.346. The van der Waals surface area contributed by atoms with Crippen LogP contribution >= 0.6 is 11.3 Å². The molecule has 4 rings (SSSR count). The number of hydrogen-bond donors (Lipinski definition) is 0. The summed E-state index contributed by atoms with van der Waals surface area (Å²) in [4.78, 5) is 30.6. The Kier molecular flexibility index (Phi) is 5.30. The Morgan fingerprint density at radius 3 is 2.70 bits per heavy atom. The second kappa shape index (κ2) is 7.85. The quantitative estimate of drug-likeness (QED) is 0.788. The van der Waals surface area contributed by atoms with Crippen molar-refractivity contribution in [2.75, 3.05) is 26.2 Å². The van der Waals surface area contributed by atoms with Crippen molar-refractivity contribution in [3.05, 3.63) is 58.3 Å². The van der Waals surface area contributed by atoms with Gasteiger partial charge in [-0.3, -0.25) is 9.59 Å². The molecule has 5 heteroatoms. The molecule has 2 aliphatic rings. The zero-order chi connectivity index (χ0) is 18.7. The number of carbonyl (C=O) groups is 2. The lowest BCUT2D eigenvalue weighted by atomic mass is 9.78. The molecule has 2 saturated heterocycles. The average molecular weight is 383 g/mol. The van der Waals surface area contributed by atoms with Crippen LogP contribution < -0.4 is 0 Å². The van der Waals surface area contributed by atoms with E-state index in [1.807, 2.05) is 33.4 Å². The Balaban J connectivity index is 1.36. The maximum atomic E-state index is 13.2. The summed E-state index contributed by atoms with van der Waals surface area (Å²) in [5.41, 5.74) is 0.975. The SMILES string of the molecule is O=C(c1cccs1)N1CC[C@@]2(CCCN(CCCc3ccccc3)C2=O)C1. The number of aryl methyl sites for hydroxylation is 1. The van der Waals surface area contributed by atoms with Crippen molar-refractivity contribution in [2.45, 2.75) is 32.1 Å². The van der Waals surface area contributed by atoms with Crippen molar-refractivity contribution < 1.29 is 9.59 Å². The van der Waals surface area contributed by atoms with Gasteiger partial charge in [0.25, 0.3) is 5.91 Å². The molecule has 1 atom stereocenters. The van der Waals surface area contributed by atoms with E-state index < -0.39 is 0 Å². The number of piperidine rings is 1. The van der Waals surface area contributed by atoms with E-state index in [-0.39, 0.29) is 17.2 Å². The van der Waals surface area contributed by atoms with Crippen LogP contribution in [0.5, 0.6) is 0 Å². The minimum atomic E-state index is -0.349. The first kappa shape index (κ1) is 18.2. The Morgan fingerprint density at radius 1 is 1.07 bits per heavy atom. The molecule has 2 fully saturated rings. The van der Waals surface area contributed by atoms with E-state index in [1.54, 1.807) is 0 Å². The smallest absolute Gasteiger partial charge is 0.263 e. The molecular formula is C22H26N2O2S. The maximum absolute atomic E-state index is 13.2. The normalized spacial score (nSPS) is 22.6. The second-order valence-electron chi connectivity index (χ2n) is 7.72. The first-order valence-electron chi connectivity index (χ1n) is 9.84. The minimum Gasteiger partial charge on any atom is -0.342 e. The standard InChI is InChI=1S/C22H26N2O2S/c25-20(19-10-5-16-27-19)24-15-12-22(17-24)11-6-14-23(21(22)26)13-4-9-18-7-2-1-3-8-18/h1-3,5,7-8,10,16H,4,6,9,11-15,17H2/t22-/m0/s1. The molecule has 1 aromatic carbocycles. The maximum Gasteiger partial charge on any atom is 0.263 e. The Bertz CT molecular complexity index is 790. The van der Waals surface area contributed by atoms with E-state index in [0.717, 1.165) is 50.1 Å². The van der Waals surface area contributed by atoms with Gasteiger partial charge in [0.05, 0.1) is 10.3 Å². The van der Waals surface area contributed by atoms with Crippen molar-refractivity contribution in [3.8, 4) is 0 Å². The fourth-order valence-electron chi connectivity index (χ4n) is 4.46. The number of rotatable bonds is 5. The predicted octanol–water partition coefficient (Wildman–Crippen LogP) is 3.84. The Hall–Kier alpha value is -2.14. The van der Waals surface area contributed by atoms with Crippen molar-refractivity contribution in [2.24, 2.45) is 5.41 Å². The molecule has 4 nitrogen and oxygen atoms in total. The van der Waals surface area contributed by atoms with Crippen LogP contribution in [0.1, 0.15) is 40.9 Å². The average Bonchev–Trinajstić information content (AvgIpc) is 3.37. The van der Waals surface area contributed by atoms with Gasteiger partial charge in [0.2, 0.25) is 5.91 Å². The highest BCUT2D eigenvalue weighted by Gasteiger charge is 2.49. The molecule has 2 amide bonds. The van der Waals surface area contributed by atoms with Crippen LogP contribution in [0.2, 0.25) is 0 Å². The van der Waals surface area contributed by atoms with E-state index >= 15 is 0 Å². The van der Waals surface area contributed by atoms with Gasteiger partial charge in [-0.25, -0.2) is 0 Å². The Labute approximate surface area is 164 Å². The number of thiophene rings is 1.